The summed E-state index contributed by atoms with van der Waals surface area (Å²) < 4.78 is 2.42. The first-order valence-corrected chi connectivity index (χ1v) is 15.2. The lowest BCUT2D eigenvalue weighted by Crippen LogP contribution is -2.17. The van der Waals surface area contributed by atoms with Crippen molar-refractivity contribution >= 4 is 54.1 Å². The molecule has 0 aliphatic heterocycles. The number of fused-ring (bicyclic) bond motifs is 11. The monoisotopic (exact) mass is 537 g/mol. The van der Waals surface area contributed by atoms with Crippen LogP contribution in [0.3, 0.4) is 0 Å². The summed E-state index contributed by atoms with van der Waals surface area (Å²) in [7, 11) is 2.24. The first kappa shape index (κ1) is 23.0. The van der Waals surface area contributed by atoms with Gasteiger partial charge in [-0.3, -0.25) is 0 Å². The van der Waals surface area contributed by atoms with E-state index in [0.29, 0.717) is 0 Å². The standard InChI is InChI=1S/C41H31N/c1-40(2)30-18-17-26-25-11-6-7-12-34(25)42(5)39(26)38(30)29-21-31-28(20-32(29)40)37-27-16-15-23-10-8-9-22-13-14-24(36(27)35(22)23)19-33(37)41(31,3)4/h6-21H,1-5H3. The lowest BCUT2D eigenvalue weighted by molar-refractivity contribution is 0.652. The molecule has 0 bridgehead atoms. The third-order valence-corrected chi connectivity index (χ3v) is 11.1. The Morgan fingerprint density at radius 1 is 0.476 bits per heavy atom. The summed E-state index contributed by atoms with van der Waals surface area (Å²) in [6, 6.07) is 37.3. The van der Waals surface area contributed by atoms with Crippen molar-refractivity contribution in [1.29, 1.82) is 0 Å². The molecule has 2 aliphatic rings. The van der Waals surface area contributed by atoms with E-state index in [0.717, 1.165) is 0 Å². The number of hydrogen-bond acceptors (Lipinski definition) is 0. The summed E-state index contributed by atoms with van der Waals surface area (Å²) >= 11 is 0. The largest absolute Gasteiger partial charge is 0.343 e. The molecule has 0 unspecified atom stereocenters. The van der Waals surface area contributed by atoms with Crippen LogP contribution in [0.2, 0.25) is 0 Å². The fourth-order valence-electron chi connectivity index (χ4n) is 9.00. The minimum atomic E-state index is -0.0934. The maximum Gasteiger partial charge on any atom is 0.0571 e. The van der Waals surface area contributed by atoms with Crippen molar-refractivity contribution in [2.24, 2.45) is 7.05 Å². The van der Waals surface area contributed by atoms with E-state index in [1.807, 2.05) is 0 Å². The van der Waals surface area contributed by atoms with Crippen LogP contribution < -0.4 is 0 Å². The van der Waals surface area contributed by atoms with Crippen LogP contribution in [0, 0.1) is 0 Å². The van der Waals surface area contributed by atoms with Crippen molar-refractivity contribution in [3.05, 3.63) is 119 Å². The average Bonchev–Trinajstić information content (AvgIpc) is 3.51. The summed E-state index contributed by atoms with van der Waals surface area (Å²) in [6.07, 6.45) is 0. The molecule has 0 N–H and O–H groups in total. The average molecular weight is 538 g/mol. The molecule has 0 spiro atoms. The molecule has 0 radical (unpaired) electrons. The van der Waals surface area contributed by atoms with Gasteiger partial charge in [-0.2, -0.15) is 0 Å². The van der Waals surface area contributed by atoms with Gasteiger partial charge >= 0.3 is 0 Å². The van der Waals surface area contributed by atoms with Gasteiger partial charge in [-0.25, -0.2) is 0 Å². The highest BCUT2D eigenvalue weighted by atomic mass is 14.9. The zero-order chi connectivity index (χ0) is 28.3. The molecule has 42 heavy (non-hydrogen) atoms. The normalized spacial score (nSPS) is 16.1. The van der Waals surface area contributed by atoms with Crippen molar-refractivity contribution in [2.45, 2.75) is 38.5 Å². The number of aromatic nitrogens is 1. The number of nitrogens with zero attached hydrogens (tertiary/aromatic N) is 1. The first-order chi connectivity index (χ1) is 20.3. The summed E-state index contributed by atoms with van der Waals surface area (Å²) in [5.41, 5.74) is 13.9. The Hall–Kier alpha value is -4.62. The van der Waals surface area contributed by atoms with Gasteiger partial charge in [0.2, 0.25) is 0 Å². The van der Waals surface area contributed by atoms with Crippen LogP contribution >= 0.6 is 0 Å². The van der Waals surface area contributed by atoms with Crippen LogP contribution in [0.5, 0.6) is 0 Å². The molecule has 7 aromatic carbocycles. The molecular formula is C41H31N. The smallest absolute Gasteiger partial charge is 0.0571 e. The highest BCUT2D eigenvalue weighted by molar-refractivity contribution is 6.26. The molecule has 1 heterocycles. The van der Waals surface area contributed by atoms with E-state index in [1.54, 1.807) is 0 Å². The molecule has 0 amide bonds. The highest BCUT2D eigenvalue weighted by Crippen LogP contribution is 2.59. The van der Waals surface area contributed by atoms with Gasteiger partial charge in [0, 0.05) is 39.7 Å². The first-order valence-electron chi connectivity index (χ1n) is 15.2. The summed E-state index contributed by atoms with van der Waals surface area (Å²) in [5, 5.41) is 10.9. The van der Waals surface area contributed by atoms with Crippen LogP contribution in [0.1, 0.15) is 49.9 Å². The van der Waals surface area contributed by atoms with E-state index in [2.05, 4.69) is 136 Å². The summed E-state index contributed by atoms with van der Waals surface area (Å²) in [5.74, 6) is 0. The van der Waals surface area contributed by atoms with Crippen molar-refractivity contribution in [2.75, 3.05) is 0 Å². The second kappa shape index (κ2) is 7.05. The van der Waals surface area contributed by atoms with Crippen molar-refractivity contribution in [1.82, 2.24) is 4.57 Å². The molecule has 200 valence electrons. The zero-order valence-electron chi connectivity index (χ0n) is 24.7. The maximum atomic E-state index is 2.57. The molecule has 8 aromatic rings. The minimum absolute atomic E-state index is 0.0823. The van der Waals surface area contributed by atoms with Crippen LogP contribution in [-0.4, -0.2) is 4.57 Å². The molecule has 0 saturated carbocycles. The van der Waals surface area contributed by atoms with Crippen LogP contribution in [0.25, 0.3) is 76.4 Å². The quantitative estimate of drug-likeness (QED) is 0.170. The second-order valence-corrected chi connectivity index (χ2v) is 13.8. The second-order valence-electron chi connectivity index (χ2n) is 13.8. The van der Waals surface area contributed by atoms with E-state index in [4.69, 9.17) is 0 Å². The Kier molecular flexibility index (Phi) is 3.86. The number of aryl methyl sites for hydroxylation is 1. The molecule has 2 aliphatic carbocycles. The molecule has 10 rings (SSSR count). The van der Waals surface area contributed by atoms with Gasteiger partial charge in [-0.1, -0.05) is 100 Å². The number of hydrogen-bond donors (Lipinski definition) is 0. The van der Waals surface area contributed by atoms with E-state index in [-0.39, 0.29) is 10.8 Å². The predicted octanol–water partition coefficient (Wildman–Crippen LogP) is 10.8. The Labute approximate surface area is 245 Å². The number of para-hydroxylation sites is 1. The SMILES string of the molecule is Cn1c2ccccc2c2ccc3c(c21)-c1cc2c(cc1C3(C)C)-c1c(cc3ccc4cccc5ccc1c3c45)C2(C)C. The summed E-state index contributed by atoms with van der Waals surface area (Å²) in [4.78, 5) is 0. The third kappa shape index (κ3) is 2.42. The van der Waals surface area contributed by atoms with Gasteiger partial charge in [0.15, 0.2) is 0 Å². The van der Waals surface area contributed by atoms with Gasteiger partial charge in [0.25, 0.3) is 0 Å². The molecule has 1 heteroatoms. The van der Waals surface area contributed by atoms with E-state index in [9.17, 15) is 0 Å². The van der Waals surface area contributed by atoms with E-state index >= 15 is 0 Å². The van der Waals surface area contributed by atoms with Gasteiger partial charge in [0.05, 0.1) is 5.52 Å². The van der Waals surface area contributed by atoms with Gasteiger partial charge in [0.1, 0.15) is 0 Å². The summed E-state index contributed by atoms with van der Waals surface area (Å²) in [6.45, 7) is 9.70. The van der Waals surface area contributed by atoms with Crippen LogP contribution in [0.4, 0.5) is 0 Å². The van der Waals surface area contributed by atoms with E-state index in [1.165, 1.54) is 98.6 Å². The Morgan fingerprint density at radius 2 is 1.12 bits per heavy atom. The Balaban J connectivity index is 1.34. The van der Waals surface area contributed by atoms with Gasteiger partial charge in [-0.15, -0.1) is 0 Å². The molecule has 1 nitrogen and oxygen atoms in total. The molecule has 1 aromatic heterocycles. The van der Waals surface area contributed by atoms with Crippen molar-refractivity contribution < 1.29 is 0 Å². The number of benzene rings is 7. The van der Waals surface area contributed by atoms with Gasteiger partial charge < -0.3 is 4.57 Å². The Morgan fingerprint density at radius 3 is 1.90 bits per heavy atom. The third-order valence-electron chi connectivity index (χ3n) is 11.1. The fraction of sp³-hybridized carbons (Fsp3) is 0.171. The maximum absolute atomic E-state index is 2.57. The van der Waals surface area contributed by atoms with E-state index < -0.39 is 0 Å². The lowest BCUT2D eigenvalue weighted by atomic mass is 9.79. The van der Waals surface area contributed by atoms with Crippen LogP contribution in [-0.2, 0) is 17.9 Å². The predicted molar refractivity (Wildman–Crippen MR) is 179 cm³/mol. The Bertz CT molecular complexity index is 2500. The molecule has 0 saturated heterocycles. The molecule has 0 fully saturated rings. The fourth-order valence-corrected chi connectivity index (χ4v) is 9.00. The lowest BCUT2D eigenvalue weighted by Gasteiger charge is -2.24. The minimum Gasteiger partial charge on any atom is -0.343 e. The molecule has 0 atom stereocenters. The number of rotatable bonds is 0. The van der Waals surface area contributed by atoms with Gasteiger partial charge in [-0.05, 0) is 95.5 Å². The highest BCUT2D eigenvalue weighted by Gasteiger charge is 2.43. The topological polar surface area (TPSA) is 4.93 Å². The van der Waals surface area contributed by atoms with Crippen molar-refractivity contribution in [3.8, 4) is 22.3 Å². The zero-order valence-corrected chi connectivity index (χ0v) is 24.7. The molecular weight excluding hydrogens is 506 g/mol. The van der Waals surface area contributed by atoms with Crippen LogP contribution in [0.15, 0.2) is 97.1 Å². The van der Waals surface area contributed by atoms with Crippen molar-refractivity contribution in [3.63, 3.8) is 0 Å².